The topological polar surface area (TPSA) is 48.1 Å². The first kappa shape index (κ1) is 16.5. The Kier molecular flexibility index (Phi) is 4.10. The number of carbonyl (C=O) groups is 1. The number of esters is 1. The number of ether oxygens (including phenoxy) is 3. The zero-order valence-corrected chi connectivity index (χ0v) is 14.4. The van der Waals surface area contributed by atoms with Crippen molar-refractivity contribution in [2.24, 2.45) is 0 Å². The third kappa shape index (κ3) is 3.02. The average Bonchev–Trinajstić information content (AvgIpc) is 3.31. The normalized spacial score (nSPS) is 22.8. The van der Waals surface area contributed by atoms with Gasteiger partial charge < -0.3 is 14.2 Å². The van der Waals surface area contributed by atoms with Crippen LogP contribution in [0.15, 0.2) is 54.6 Å². The van der Waals surface area contributed by atoms with E-state index in [0.717, 1.165) is 16.9 Å². The summed E-state index contributed by atoms with van der Waals surface area (Å²) in [6.07, 6.45) is -0.646. The van der Waals surface area contributed by atoms with Crippen LogP contribution in [0.2, 0.25) is 0 Å². The van der Waals surface area contributed by atoms with Crippen LogP contribution >= 0.6 is 0 Å². The van der Waals surface area contributed by atoms with Crippen molar-refractivity contribution in [1.29, 1.82) is 0 Å². The maximum absolute atomic E-state index is 12.5. The summed E-state index contributed by atoms with van der Waals surface area (Å²) in [5.41, 5.74) is 0.498. The molecular weight excluding hydrogens is 304 g/mol. The molecule has 0 N–H and O–H groups in total. The number of methoxy groups -OCH3 is 1. The molecule has 3 rings (SSSR count). The lowest BCUT2D eigenvalue weighted by atomic mass is 9.88. The van der Waals surface area contributed by atoms with E-state index in [-0.39, 0.29) is 5.97 Å². The molecule has 0 bridgehead atoms. The van der Waals surface area contributed by atoms with Crippen LogP contribution in [0.3, 0.4) is 0 Å². The van der Waals surface area contributed by atoms with Crippen molar-refractivity contribution in [2.75, 3.05) is 7.11 Å². The van der Waals surface area contributed by atoms with E-state index >= 15 is 0 Å². The van der Waals surface area contributed by atoms with Gasteiger partial charge in [-0.3, -0.25) is 0 Å². The fraction of sp³-hybridized carbons (Fsp3) is 0.350. The summed E-state index contributed by atoms with van der Waals surface area (Å²) in [6.45, 7) is 5.56. The summed E-state index contributed by atoms with van der Waals surface area (Å²) < 4.78 is 16.7. The fourth-order valence-corrected chi connectivity index (χ4v) is 2.85. The van der Waals surface area contributed by atoms with E-state index in [1.165, 1.54) is 0 Å². The minimum Gasteiger partial charge on any atom is -0.497 e. The van der Waals surface area contributed by atoms with Crippen LogP contribution < -0.4 is 4.74 Å². The van der Waals surface area contributed by atoms with E-state index in [4.69, 9.17) is 14.2 Å². The first-order valence-electron chi connectivity index (χ1n) is 7.97. The Bertz CT molecular complexity index is 716. The highest BCUT2D eigenvalue weighted by molar-refractivity contribution is 5.82. The summed E-state index contributed by atoms with van der Waals surface area (Å²) in [5, 5.41) is 0. The van der Waals surface area contributed by atoms with Gasteiger partial charge in [-0.05, 0) is 44.0 Å². The highest BCUT2D eigenvalue weighted by Gasteiger charge is 2.64. The Labute approximate surface area is 142 Å². The van der Waals surface area contributed by atoms with Crippen molar-refractivity contribution in [3.8, 4) is 5.75 Å². The van der Waals surface area contributed by atoms with Crippen molar-refractivity contribution in [2.45, 2.75) is 38.1 Å². The molecular formula is C20H22O4. The number of rotatable bonds is 4. The van der Waals surface area contributed by atoms with Gasteiger partial charge in [-0.2, -0.15) is 0 Å². The molecule has 2 atom stereocenters. The predicted octanol–water partition coefficient (Wildman–Crippen LogP) is 3.68. The second kappa shape index (κ2) is 5.95. The Balaban J connectivity index is 1.97. The highest BCUT2D eigenvalue weighted by Crippen LogP contribution is 2.52. The fourth-order valence-electron chi connectivity index (χ4n) is 2.85. The Morgan fingerprint density at radius 3 is 2.12 bits per heavy atom. The van der Waals surface area contributed by atoms with Gasteiger partial charge in [0.15, 0.2) is 11.7 Å². The quantitative estimate of drug-likeness (QED) is 0.635. The molecule has 0 aromatic heterocycles. The van der Waals surface area contributed by atoms with Crippen LogP contribution in [-0.4, -0.2) is 24.8 Å². The lowest BCUT2D eigenvalue weighted by Gasteiger charge is -2.20. The molecule has 0 aliphatic carbocycles. The number of hydrogen-bond donors (Lipinski definition) is 0. The molecule has 0 spiro atoms. The monoisotopic (exact) mass is 326 g/mol. The number of epoxide rings is 1. The van der Waals surface area contributed by atoms with Gasteiger partial charge in [0.2, 0.25) is 0 Å². The second-order valence-electron chi connectivity index (χ2n) is 6.86. The van der Waals surface area contributed by atoms with E-state index in [2.05, 4.69) is 0 Å². The number of carbonyl (C=O) groups excluding carboxylic acids is 1. The molecule has 1 fully saturated rings. The molecule has 0 amide bonds. The van der Waals surface area contributed by atoms with Crippen molar-refractivity contribution >= 4 is 5.97 Å². The van der Waals surface area contributed by atoms with Crippen molar-refractivity contribution in [3.63, 3.8) is 0 Å². The van der Waals surface area contributed by atoms with Crippen molar-refractivity contribution < 1.29 is 19.0 Å². The van der Waals surface area contributed by atoms with Crippen LogP contribution in [-0.2, 0) is 19.9 Å². The minimum atomic E-state index is -0.796. The van der Waals surface area contributed by atoms with Gasteiger partial charge in [-0.25, -0.2) is 4.79 Å². The molecule has 0 radical (unpaired) electrons. The van der Waals surface area contributed by atoms with Gasteiger partial charge in [0.25, 0.3) is 0 Å². The standard InChI is InChI=1S/C20H22O4/c1-19(2,3)24-18(21)17-20(23-17,14-8-6-5-7-9-14)15-10-12-16(22-4)13-11-15/h5-13,17H,1-4H3. The van der Waals surface area contributed by atoms with E-state index in [0.29, 0.717) is 0 Å². The summed E-state index contributed by atoms with van der Waals surface area (Å²) >= 11 is 0. The molecule has 4 heteroatoms. The molecule has 0 saturated carbocycles. The smallest absolute Gasteiger partial charge is 0.339 e. The van der Waals surface area contributed by atoms with E-state index in [9.17, 15) is 4.79 Å². The maximum atomic E-state index is 12.5. The van der Waals surface area contributed by atoms with Crippen LogP contribution in [0.4, 0.5) is 0 Å². The van der Waals surface area contributed by atoms with E-state index in [1.54, 1.807) is 7.11 Å². The van der Waals surface area contributed by atoms with Crippen LogP contribution in [0.1, 0.15) is 31.9 Å². The third-order valence-electron chi connectivity index (χ3n) is 3.96. The molecule has 1 aliphatic rings. The number of benzene rings is 2. The molecule has 2 aromatic carbocycles. The third-order valence-corrected chi connectivity index (χ3v) is 3.96. The van der Waals surface area contributed by atoms with Gasteiger partial charge in [0.05, 0.1) is 7.11 Å². The molecule has 1 heterocycles. The molecule has 1 aliphatic heterocycles. The van der Waals surface area contributed by atoms with E-state index in [1.807, 2.05) is 75.4 Å². The van der Waals surface area contributed by atoms with E-state index < -0.39 is 17.3 Å². The predicted molar refractivity (Wildman–Crippen MR) is 90.9 cm³/mol. The van der Waals surface area contributed by atoms with Crippen LogP contribution in [0.25, 0.3) is 0 Å². The van der Waals surface area contributed by atoms with Gasteiger partial charge in [0, 0.05) is 0 Å². The largest absolute Gasteiger partial charge is 0.497 e. The number of hydrogen-bond acceptors (Lipinski definition) is 4. The SMILES string of the molecule is COc1ccc(C2(c3ccccc3)OC2C(=O)OC(C)(C)C)cc1. The molecule has 126 valence electrons. The van der Waals surface area contributed by atoms with Crippen LogP contribution in [0, 0.1) is 0 Å². The second-order valence-corrected chi connectivity index (χ2v) is 6.86. The molecule has 2 aromatic rings. The van der Waals surface area contributed by atoms with Gasteiger partial charge in [0.1, 0.15) is 11.4 Å². The molecule has 24 heavy (non-hydrogen) atoms. The summed E-state index contributed by atoms with van der Waals surface area (Å²) in [5.74, 6) is 0.415. The molecule has 1 saturated heterocycles. The van der Waals surface area contributed by atoms with Crippen molar-refractivity contribution in [3.05, 3.63) is 65.7 Å². The van der Waals surface area contributed by atoms with Gasteiger partial charge in [-0.15, -0.1) is 0 Å². The van der Waals surface area contributed by atoms with Crippen LogP contribution in [0.5, 0.6) is 5.75 Å². The zero-order valence-electron chi connectivity index (χ0n) is 14.4. The lowest BCUT2D eigenvalue weighted by Crippen LogP contribution is -2.30. The summed E-state index contributed by atoms with van der Waals surface area (Å²) in [7, 11) is 1.62. The first-order chi connectivity index (χ1) is 11.4. The zero-order chi connectivity index (χ0) is 17.4. The minimum absolute atomic E-state index is 0.345. The van der Waals surface area contributed by atoms with Gasteiger partial charge in [-0.1, -0.05) is 42.5 Å². The van der Waals surface area contributed by atoms with Gasteiger partial charge >= 0.3 is 5.97 Å². The first-order valence-corrected chi connectivity index (χ1v) is 7.97. The Morgan fingerprint density at radius 2 is 1.58 bits per heavy atom. The summed E-state index contributed by atoms with van der Waals surface area (Å²) in [6, 6.07) is 17.3. The molecule has 4 nitrogen and oxygen atoms in total. The lowest BCUT2D eigenvalue weighted by molar-refractivity contribution is -0.156. The summed E-state index contributed by atoms with van der Waals surface area (Å²) in [4.78, 5) is 12.5. The average molecular weight is 326 g/mol. The highest BCUT2D eigenvalue weighted by atomic mass is 16.7. The Morgan fingerprint density at radius 1 is 1.00 bits per heavy atom. The maximum Gasteiger partial charge on any atom is 0.339 e. The Hall–Kier alpha value is -2.33. The van der Waals surface area contributed by atoms with Crippen molar-refractivity contribution in [1.82, 2.24) is 0 Å². The molecule has 2 unspecified atom stereocenters.